The summed E-state index contributed by atoms with van der Waals surface area (Å²) < 4.78 is 2.49. The predicted molar refractivity (Wildman–Crippen MR) is 97.5 cm³/mol. The lowest BCUT2D eigenvalue weighted by molar-refractivity contribution is 0.252. The fourth-order valence-electron chi connectivity index (χ4n) is 4.41. The van der Waals surface area contributed by atoms with Crippen LogP contribution in [0.4, 0.5) is 0 Å². The van der Waals surface area contributed by atoms with Crippen LogP contribution in [-0.4, -0.2) is 27.5 Å². The Kier molecular flexibility index (Phi) is 3.39. The van der Waals surface area contributed by atoms with Crippen LogP contribution < -0.4 is 0 Å². The second-order valence-electron chi connectivity index (χ2n) is 7.08. The van der Waals surface area contributed by atoms with Gasteiger partial charge in [0.1, 0.15) is 5.82 Å². The number of halogens is 1. The SMILES string of the molecule is Clc1ccc2c(c1)nc1n2[C@@H]2CC[C@@H]1CN(Cc1ccccc1)C2. The average Bonchev–Trinajstić information content (AvgIpc) is 2.77. The Balaban J connectivity index is 1.51. The molecule has 2 bridgehead atoms. The van der Waals surface area contributed by atoms with Crippen LogP contribution in [0.1, 0.15) is 36.2 Å². The first-order valence-electron chi connectivity index (χ1n) is 8.71. The van der Waals surface area contributed by atoms with Gasteiger partial charge in [-0.25, -0.2) is 4.98 Å². The highest BCUT2D eigenvalue weighted by atomic mass is 35.5. The third kappa shape index (κ3) is 2.35. The fourth-order valence-corrected chi connectivity index (χ4v) is 4.58. The molecule has 122 valence electrons. The van der Waals surface area contributed by atoms with E-state index in [1.807, 2.05) is 12.1 Å². The Bertz CT molecular complexity index is 887. The highest BCUT2D eigenvalue weighted by molar-refractivity contribution is 6.31. The Morgan fingerprint density at radius 1 is 1.04 bits per heavy atom. The summed E-state index contributed by atoms with van der Waals surface area (Å²) in [7, 11) is 0. The minimum Gasteiger partial charge on any atom is -0.323 e. The van der Waals surface area contributed by atoms with Crippen LogP contribution in [0.3, 0.4) is 0 Å². The van der Waals surface area contributed by atoms with E-state index in [0.717, 1.165) is 30.2 Å². The molecule has 4 heterocycles. The second kappa shape index (κ2) is 5.61. The second-order valence-corrected chi connectivity index (χ2v) is 7.52. The number of imidazole rings is 1. The molecule has 3 aliphatic rings. The molecular weight excluding hydrogens is 318 g/mol. The first kappa shape index (κ1) is 14.5. The number of benzene rings is 2. The summed E-state index contributed by atoms with van der Waals surface area (Å²) in [6.07, 6.45) is 2.49. The third-order valence-corrected chi connectivity index (χ3v) is 5.69. The van der Waals surface area contributed by atoms with Gasteiger partial charge in [0.25, 0.3) is 0 Å². The van der Waals surface area contributed by atoms with Gasteiger partial charge in [0, 0.05) is 36.6 Å². The van der Waals surface area contributed by atoms with Crippen molar-refractivity contribution in [3.05, 3.63) is 64.9 Å². The number of fused-ring (bicyclic) bond motifs is 4. The van der Waals surface area contributed by atoms with Crippen molar-refractivity contribution in [2.75, 3.05) is 13.1 Å². The van der Waals surface area contributed by atoms with E-state index in [1.54, 1.807) is 0 Å². The van der Waals surface area contributed by atoms with Crippen LogP contribution >= 0.6 is 11.6 Å². The van der Waals surface area contributed by atoms with Crippen molar-refractivity contribution in [3.63, 3.8) is 0 Å². The van der Waals surface area contributed by atoms with E-state index >= 15 is 0 Å². The topological polar surface area (TPSA) is 21.1 Å². The maximum Gasteiger partial charge on any atom is 0.114 e. The summed E-state index contributed by atoms with van der Waals surface area (Å²) in [6, 6.07) is 17.4. The molecule has 3 nitrogen and oxygen atoms in total. The normalized spacial score (nSPS) is 23.4. The molecule has 0 spiro atoms. The highest BCUT2D eigenvalue weighted by Gasteiger charge is 2.36. The Morgan fingerprint density at radius 2 is 1.92 bits per heavy atom. The highest BCUT2D eigenvalue weighted by Crippen LogP contribution is 2.41. The molecule has 4 heteroatoms. The smallest absolute Gasteiger partial charge is 0.114 e. The van der Waals surface area contributed by atoms with Gasteiger partial charge >= 0.3 is 0 Å². The molecule has 6 rings (SSSR count). The van der Waals surface area contributed by atoms with Gasteiger partial charge in [-0.2, -0.15) is 0 Å². The Morgan fingerprint density at radius 3 is 2.79 bits per heavy atom. The van der Waals surface area contributed by atoms with Gasteiger partial charge in [0.05, 0.1) is 11.0 Å². The first-order chi connectivity index (χ1) is 11.8. The molecule has 3 aliphatic heterocycles. The maximum absolute atomic E-state index is 6.16. The molecule has 0 radical (unpaired) electrons. The molecule has 2 aromatic carbocycles. The molecule has 2 atom stereocenters. The van der Waals surface area contributed by atoms with E-state index in [2.05, 4.69) is 45.9 Å². The van der Waals surface area contributed by atoms with Gasteiger partial charge in [0.2, 0.25) is 0 Å². The van der Waals surface area contributed by atoms with Crippen molar-refractivity contribution in [3.8, 4) is 0 Å². The van der Waals surface area contributed by atoms with Gasteiger partial charge in [-0.1, -0.05) is 41.9 Å². The van der Waals surface area contributed by atoms with Crippen molar-refractivity contribution < 1.29 is 0 Å². The van der Waals surface area contributed by atoms with Crippen molar-refractivity contribution in [2.24, 2.45) is 0 Å². The summed E-state index contributed by atoms with van der Waals surface area (Å²) in [5.41, 5.74) is 3.68. The van der Waals surface area contributed by atoms with E-state index in [4.69, 9.17) is 16.6 Å². The largest absolute Gasteiger partial charge is 0.323 e. The molecule has 0 N–H and O–H groups in total. The van der Waals surface area contributed by atoms with Gasteiger partial charge in [0.15, 0.2) is 0 Å². The minimum absolute atomic E-state index is 0.522. The quantitative estimate of drug-likeness (QED) is 0.680. The van der Waals surface area contributed by atoms with Crippen LogP contribution in [0.25, 0.3) is 11.0 Å². The number of aromatic nitrogens is 2. The molecule has 1 saturated heterocycles. The summed E-state index contributed by atoms with van der Waals surface area (Å²) in [6.45, 7) is 3.23. The molecule has 24 heavy (non-hydrogen) atoms. The monoisotopic (exact) mass is 337 g/mol. The lowest BCUT2D eigenvalue weighted by atomic mass is 9.96. The minimum atomic E-state index is 0.522. The zero-order valence-corrected chi connectivity index (χ0v) is 14.3. The van der Waals surface area contributed by atoms with Gasteiger partial charge in [-0.15, -0.1) is 0 Å². The summed E-state index contributed by atoms with van der Waals surface area (Å²) in [4.78, 5) is 7.56. The van der Waals surface area contributed by atoms with Crippen molar-refractivity contribution in [2.45, 2.75) is 31.3 Å². The number of hydrogen-bond acceptors (Lipinski definition) is 2. The van der Waals surface area contributed by atoms with E-state index < -0.39 is 0 Å². The van der Waals surface area contributed by atoms with E-state index in [-0.39, 0.29) is 0 Å². The van der Waals surface area contributed by atoms with Crippen LogP contribution in [-0.2, 0) is 6.54 Å². The molecule has 1 aromatic heterocycles. The van der Waals surface area contributed by atoms with Crippen LogP contribution in [0.5, 0.6) is 0 Å². The van der Waals surface area contributed by atoms with Crippen molar-refractivity contribution in [1.29, 1.82) is 0 Å². The summed E-state index contributed by atoms with van der Waals surface area (Å²) in [5, 5.41) is 0.772. The van der Waals surface area contributed by atoms with Gasteiger partial charge in [-0.3, -0.25) is 4.90 Å². The Labute approximate surface area is 146 Å². The first-order valence-corrected chi connectivity index (χ1v) is 9.09. The molecule has 0 unspecified atom stereocenters. The molecule has 0 aliphatic carbocycles. The summed E-state index contributed by atoms with van der Waals surface area (Å²) in [5.74, 6) is 1.79. The molecule has 0 saturated carbocycles. The molecular formula is C20H20ClN3. The van der Waals surface area contributed by atoms with Crippen LogP contribution in [0.2, 0.25) is 5.02 Å². The van der Waals surface area contributed by atoms with Gasteiger partial charge < -0.3 is 4.57 Å². The van der Waals surface area contributed by atoms with E-state index in [9.17, 15) is 0 Å². The van der Waals surface area contributed by atoms with Gasteiger partial charge in [-0.05, 0) is 36.6 Å². The van der Waals surface area contributed by atoms with Crippen molar-refractivity contribution >= 4 is 22.6 Å². The lowest BCUT2D eigenvalue weighted by Crippen LogP contribution is -2.27. The molecule has 3 aromatic rings. The maximum atomic E-state index is 6.16. The fraction of sp³-hybridized carbons (Fsp3) is 0.350. The zero-order chi connectivity index (χ0) is 16.1. The molecule has 0 amide bonds. The van der Waals surface area contributed by atoms with Crippen LogP contribution in [0.15, 0.2) is 48.5 Å². The van der Waals surface area contributed by atoms with Crippen molar-refractivity contribution in [1.82, 2.24) is 14.5 Å². The average molecular weight is 338 g/mol. The Hall–Kier alpha value is -1.84. The number of nitrogens with zero attached hydrogens (tertiary/aromatic N) is 3. The van der Waals surface area contributed by atoms with Crippen LogP contribution in [0, 0.1) is 0 Å². The number of rotatable bonds is 2. The predicted octanol–water partition coefficient (Wildman–Crippen LogP) is 4.62. The summed E-state index contributed by atoms with van der Waals surface area (Å²) >= 11 is 6.16. The third-order valence-electron chi connectivity index (χ3n) is 5.45. The lowest BCUT2D eigenvalue weighted by Gasteiger charge is -2.26. The zero-order valence-electron chi connectivity index (χ0n) is 13.5. The van der Waals surface area contributed by atoms with E-state index in [0.29, 0.717) is 12.0 Å². The number of hydrogen-bond donors (Lipinski definition) is 0. The molecule has 1 fully saturated rings. The standard InChI is InChI=1S/C20H20ClN3/c21-16-7-9-19-18(10-16)22-20-15-6-8-17(24(19)20)13-23(12-15)11-14-4-2-1-3-5-14/h1-5,7,9-10,15,17H,6,8,11-13H2/t15-,17-/m1/s1. The van der Waals surface area contributed by atoms with E-state index in [1.165, 1.54) is 29.7 Å².